The fourth-order valence-electron chi connectivity index (χ4n) is 1.64. The van der Waals surface area contributed by atoms with Gasteiger partial charge < -0.3 is 5.32 Å². The smallest absolute Gasteiger partial charge is 0.0897 e. The van der Waals surface area contributed by atoms with Crippen molar-refractivity contribution in [3.05, 3.63) is 50.9 Å². The summed E-state index contributed by atoms with van der Waals surface area (Å²) in [6.45, 7) is 2.02. The first-order chi connectivity index (χ1) is 7.70. The number of halogens is 1. The summed E-state index contributed by atoms with van der Waals surface area (Å²) in [7, 11) is 1.95. The van der Waals surface area contributed by atoms with Gasteiger partial charge >= 0.3 is 0 Å². The predicted octanol–water partition coefficient (Wildman–Crippen LogP) is 3.41. The van der Waals surface area contributed by atoms with E-state index < -0.39 is 0 Å². The molecule has 0 saturated carbocycles. The Balaban J connectivity index is 2.32. The molecule has 1 aromatic heterocycles. The summed E-state index contributed by atoms with van der Waals surface area (Å²) in [6, 6.07) is 8.10. The molecule has 2 aromatic rings. The Morgan fingerprint density at radius 3 is 2.50 bits per heavy atom. The Bertz CT molecular complexity index is 464. The maximum Gasteiger partial charge on any atom is 0.0897 e. The van der Waals surface area contributed by atoms with Crippen molar-refractivity contribution in [1.82, 2.24) is 10.3 Å². The minimum absolute atomic E-state index is 0.198. The van der Waals surface area contributed by atoms with Crippen LogP contribution in [0.3, 0.4) is 0 Å². The van der Waals surface area contributed by atoms with Crippen molar-refractivity contribution < 1.29 is 0 Å². The molecule has 2 rings (SSSR count). The van der Waals surface area contributed by atoms with E-state index in [1.807, 2.05) is 44.4 Å². The Kier molecular flexibility index (Phi) is 3.59. The van der Waals surface area contributed by atoms with Crippen LogP contribution in [0.1, 0.15) is 21.5 Å². The molecule has 1 atom stereocenters. The summed E-state index contributed by atoms with van der Waals surface area (Å²) in [5.41, 5.74) is 1.20. The molecular weight excluding hydrogens is 240 g/mol. The van der Waals surface area contributed by atoms with E-state index in [0.29, 0.717) is 0 Å². The standard InChI is InChI=1S/C12H13ClN2S/c1-8-15-7-11(16-8)12(14-2)9-3-5-10(13)6-4-9/h3-7,12,14H,1-2H3. The minimum Gasteiger partial charge on any atom is -0.309 e. The van der Waals surface area contributed by atoms with Crippen molar-refractivity contribution in [2.45, 2.75) is 13.0 Å². The highest BCUT2D eigenvalue weighted by Gasteiger charge is 2.13. The minimum atomic E-state index is 0.198. The Morgan fingerprint density at radius 1 is 1.31 bits per heavy atom. The van der Waals surface area contributed by atoms with Crippen molar-refractivity contribution in [2.75, 3.05) is 7.05 Å². The molecule has 16 heavy (non-hydrogen) atoms. The van der Waals surface area contributed by atoms with Crippen molar-refractivity contribution >= 4 is 22.9 Å². The van der Waals surface area contributed by atoms with Crippen LogP contribution in [0.2, 0.25) is 5.02 Å². The largest absolute Gasteiger partial charge is 0.309 e. The first kappa shape index (κ1) is 11.6. The average molecular weight is 253 g/mol. The molecular formula is C12H13ClN2S. The number of rotatable bonds is 3. The summed E-state index contributed by atoms with van der Waals surface area (Å²) < 4.78 is 0. The zero-order valence-corrected chi connectivity index (χ0v) is 10.8. The van der Waals surface area contributed by atoms with Crippen LogP contribution in [0.4, 0.5) is 0 Å². The van der Waals surface area contributed by atoms with Crippen LogP contribution in [0, 0.1) is 6.92 Å². The lowest BCUT2D eigenvalue weighted by molar-refractivity contribution is 0.702. The lowest BCUT2D eigenvalue weighted by Gasteiger charge is -2.14. The molecule has 0 bridgehead atoms. The maximum atomic E-state index is 5.88. The quantitative estimate of drug-likeness (QED) is 0.906. The molecule has 1 heterocycles. The number of thiazole rings is 1. The maximum absolute atomic E-state index is 5.88. The molecule has 0 saturated heterocycles. The molecule has 2 nitrogen and oxygen atoms in total. The van der Waals surface area contributed by atoms with E-state index in [1.165, 1.54) is 10.4 Å². The highest BCUT2D eigenvalue weighted by Crippen LogP contribution is 2.27. The summed E-state index contributed by atoms with van der Waals surface area (Å²) in [4.78, 5) is 5.51. The SMILES string of the molecule is CNC(c1ccc(Cl)cc1)c1cnc(C)s1. The fourth-order valence-corrected chi connectivity index (χ4v) is 2.69. The van der Waals surface area contributed by atoms with Crippen molar-refractivity contribution in [3.8, 4) is 0 Å². The van der Waals surface area contributed by atoms with Crippen molar-refractivity contribution in [2.24, 2.45) is 0 Å². The van der Waals surface area contributed by atoms with Gasteiger partial charge in [-0.15, -0.1) is 11.3 Å². The molecule has 0 aliphatic rings. The molecule has 0 amide bonds. The van der Waals surface area contributed by atoms with Gasteiger partial charge in [0.1, 0.15) is 0 Å². The van der Waals surface area contributed by atoms with Gasteiger partial charge in [0.25, 0.3) is 0 Å². The summed E-state index contributed by atoms with van der Waals surface area (Å²) in [5, 5.41) is 5.15. The average Bonchev–Trinajstić information content (AvgIpc) is 2.69. The molecule has 1 aromatic carbocycles. The second-order valence-electron chi connectivity index (χ2n) is 3.55. The van der Waals surface area contributed by atoms with E-state index in [4.69, 9.17) is 11.6 Å². The zero-order chi connectivity index (χ0) is 11.5. The van der Waals surface area contributed by atoms with Crippen LogP contribution in [0.25, 0.3) is 0 Å². The van der Waals surface area contributed by atoms with Crippen LogP contribution < -0.4 is 5.32 Å². The van der Waals surface area contributed by atoms with E-state index in [2.05, 4.69) is 10.3 Å². The summed E-state index contributed by atoms with van der Waals surface area (Å²) >= 11 is 7.59. The first-order valence-corrected chi connectivity index (χ1v) is 6.25. The molecule has 0 spiro atoms. The number of benzene rings is 1. The molecule has 0 radical (unpaired) electrons. The van der Waals surface area contributed by atoms with Gasteiger partial charge in [-0.2, -0.15) is 0 Å². The van der Waals surface area contributed by atoms with Crippen molar-refractivity contribution in [1.29, 1.82) is 0 Å². The van der Waals surface area contributed by atoms with Gasteiger partial charge in [-0.1, -0.05) is 23.7 Å². The monoisotopic (exact) mass is 252 g/mol. The highest BCUT2D eigenvalue weighted by molar-refractivity contribution is 7.11. The Labute approximate surface area is 104 Å². The van der Waals surface area contributed by atoms with Crippen LogP contribution in [0.5, 0.6) is 0 Å². The van der Waals surface area contributed by atoms with Crippen LogP contribution in [-0.2, 0) is 0 Å². The third kappa shape index (κ3) is 2.43. The number of hydrogen-bond donors (Lipinski definition) is 1. The van der Waals surface area contributed by atoms with E-state index in [0.717, 1.165) is 10.0 Å². The van der Waals surface area contributed by atoms with E-state index in [-0.39, 0.29) is 6.04 Å². The van der Waals surface area contributed by atoms with Gasteiger partial charge in [-0.25, -0.2) is 4.98 Å². The second-order valence-corrected chi connectivity index (χ2v) is 5.26. The zero-order valence-electron chi connectivity index (χ0n) is 9.20. The number of aryl methyl sites for hydroxylation is 1. The molecule has 1 N–H and O–H groups in total. The Hall–Kier alpha value is -0.900. The third-order valence-corrected chi connectivity index (χ3v) is 3.65. The van der Waals surface area contributed by atoms with Gasteiger partial charge in [0.05, 0.1) is 11.0 Å². The summed E-state index contributed by atoms with van der Waals surface area (Å²) in [5.74, 6) is 0. The molecule has 0 aliphatic carbocycles. The topological polar surface area (TPSA) is 24.9 Å². The number of nitrogens with zero attached hydrogens (tertiary/aromatic N) is 1. The van der Waals surface area contributed by atoms with E-state index in [9.17, 15) is 0 Å². The normalized spacial score (nSPS) is 12.7. The van der Waals surface area contributed by atoms with Gasteiger partial charge in [0, 0.05) is 16.1 Å². The van der Waals surface area contributed by atoms with Crippen molar-refractivity contribution in [3.63, 3.8) is 0 Å². The predicted molar refractivity (Wildman–Crippen MR) is 69.2 cm³/mol. The van der Waals surface area contributed by atoms with E-state index in [1.54, 1.807) is 11.3 Å². The molecule has 0 fully saturated rings. The van der Waals surface area contributed by atoms with Crippen LogP contribution in [-0.4, -0.2) is 12.0 Å². The van der Waals surface area contributed by atoms with Crippen LogP contribution in [0.15, 0.2) is 30.5 Å². The molecule has 0 aliphatic heterocycles. The van der Waals surface area contributed by atoms with Gasteiger partial charge in [0.15, 0.2) is 0 Å². The lowest BCUT2D eigenvalue weighted by Crippen LogP contribution is -2.16. The molecule has 4 heteroatoms. The Morgan fingerprint density at radius 2 is 2.00 bits per heavy atom. The fraction of sp³-hybridized carbons (Fsp3) is 0.250. The van der Waals surface area contributed by atoms with Crippen LogP contribution >= 0.6 is 22.9 Å². The molecule has 84 valence electrons. The molecule has 1 unspecified atom stereocenters. The van der Waals surface area contributed by atoms with Gasteiger partial charge in [-0.05, 0) is 31.7 Å². The van der Waals surface area contributed by atoms with E-state index >= 15 is 0 Å². The summed E-state index contributed by atoms with van der Waals surface area (Å²) in [6.07, 6.45) is 1.93. The highest BCUT2D eigenvalue weighted by atomic mass is 35.5. The second kappa shape index (κ2) is 4.95. The van der Waals surface area contributed by atoms with Gasteiger partial charge in [0.2, 0.25) is 0 Å². The first-order valence-electron chi connectivity index (χ1n) is 5.06. The number of hydrogen-bond acceptors (Lipinski definition) is 3. The lowest BCUT2D eigenvalue weighted by atomic mass is 10.1. The number of aromatic nitrogens is 1. The third-order valence-electron chi connectivity index (χ3n) is 2.42. The number of nitrogens with one attached hydrogen (secondary N) is 1. The van der Waals surface area contributed by atoms with Gasteiger partial charge in [-0.3, -0.25) is 0 Å².